The minimum Gasteiger partial charge on any atom is -0.497 e. The normalized spacial score (nSPS) is 12.3. The summed E-state index contributed by atoms with van der Waals surface area (Å²) in [7, 11) is 1.70. The first-order valence-electron chi connectivity index (χ1n) is 7.46. The fourth-order valence-corrected chi connectivity index (χ4v) is 3.35. The molecule has 3 nitrogen and oxygen atoms in total. The molecule has 0 radical (unpaired) electrons. The molecule has 0 spiro atoms. The van der Waals surface area contributed by atoms with E-state index in [4.69, 9.17) is 4.74 Å². The van der Waals surface area contributed by atoms with Crippen LogP contribution in [0, 0.1) is 12.8 Å². The van der Waals surface area contributed by atoms with Gasteiger partial charge in [0.2, 0.25) is 0 Å². The molecule has 114 valence electrons. The lowest BCUT2D eigenvalue weighted by Gasteiger charge is -2.16. The van der Waals surface area contributed by atoms with Crippen LogP contribution < -0.4 is 10.1 Å². The lowest BCUT2D eigenvalue weighted by molar-refractivity contribution is 0.414. The average molecular weight is 304 g/mol. The number of benzene rings is 1. The molecule has 1 heterocycles. The third-order valence-electron chi connectivity index (χ3n) is 3.53. The largest absolute Gasteiger partial charge is 0.497 e. The summed E-state index contributed by atoms with van der Waals surface area (Å²) in [5.74, 6) is 1.51. The van der Waals surface area contributed by atoms with Crippen molar-refractivity contribution in [1.82, 2.24) is 10.3 Å². The van der Waals surface area contributed by atoms with Crippen LogP contribution in [-0.4, -0.2) is 25.2 Å². The molecule has 1 atom stereocenters. The number of aromatic nitrogens is 1. The number of methoxy groups -OCH3 is 1. The highest BCUT2D eigenvalue weighted by Crippen LogP contribution is 2.20. The van der Waals surface area contributed by atoms with Crippen molar-refractivity contribution in [2.24, 2.45) is 5.92 Å². The smallest absolute Gasteiger partial charge is 0.118 e. The summed E-state index contributed by atoms with van der Waals surface area (Å²) in [5.41, 5.74) is 1.36. The highest BCUT2D eigenvalue weighted by Gasteiger charge is 2.12. The van der Waals surface area contributed by atoms with Crippen LogP contribution in [0.3, 0.4) is 0 Å². The van der Waals surface area contributed by atoms with Gasteiger partial charge in [-0.1, -0.05) is 19.1 Å². The number of rotatable bonds is 8. The zero-order valence-corrected chi connectivity index (χ0v) is 13.9. The van der Waals surface area contributed by atoms with E-state index in [0.29, 0.717) is 5.92 Å². The molecule has 0 saturated carbocycles. The second-order valence-electron chi connectivity index (χ2n) is 5.28. The molecule has 1 aromatic heterocycles. The van der Waals surface area contributed by atoms with Crippen LogP contribution in [-0.2, 0) is 12.8 Å². The van der Waals surface area contributed by atoms with Gasteiger partial charge in [-0.3, -0.25) is 0 Å². The first kappa shape index (κ1) is 16.0. The third-order valence-corrected chi connectivity index (χ3v) is 4.46. The van der Waals surface area contributed by atoms with Gasteiger partial charge in [0.15, 0.2) is 0 Å². The van der Waals surface area contributed by atoms with Gasteiger partial charge >= 0.3 is 0 Å². The predicted molar refractivity (Wildman–Crippen MR) is 89.3 cm³/mol. The van der Waals surface area contributed by atoms with Gasteiger partial charge in [-0.2, -0.15) is 0 Å². The van der Waals surface area contributed by atoms with Crippen LogP contribution in [0.2, 0.25) is 0 Å². The number of nitrogens with zero attached hydrogens (tertiary/aromatic N) is 1. The number of hydrogen-bond donors (Lipinski definition) is 1. The summed E-state index contributed by atoms with van der Waals surface area (Å²) in [6.45, 7) is 6.28. The van der Waals surface area contributed by atoms with Crippen molar-refractivity contribution >= 4 is 11.3 Å². The van der Waals surface area contributed by atoms with Crippen molar-refractivity contribution in [1.29, 1.82) is 0 Å². The molecule has 0 aliphatic carbocycles. The lowest BCUT2D eigenvalue weighted by atomic mass is 9.95. The second kappa shape index (κ2) is 8.15. The Morgan fingerprint density at radius 3 is 2.57 bits per heavy atom. The van der Waals surface area contributed by atoms with Gasteiger partial charge in [0.1, 0.15) is 5.75 Å². The summed E-state index contributed by atoms with van der Waals surface area (Å²) < 4.78 is 5.22. The monoisotopic (exact) mass is 304 g/mol. The average Bonchev–Trinajstić information content (AvgIpc) is 2.90. The summed E-state index contributed by atoms with van der Waals surface area (Å²) in [4.78, 5) is 5.74. The Labute approximate surface area is 131 Å². The fourth-order valence-electron chi connectivity index (χ4n) is 2.44. The fraction of sp³-hybridized carbons (Fsp3) is 0.471. The molecule has 1 aromatic carbocycles. The molecule has 1 unspecified atom stereocenters. The van der Waals surface area contributed by atoms with Gasteiger partial charge in [0.05, 0.1) is 12.1 Å². The molecule has 0 fully saturated rings. The van der Waals surface area contributed by atoms with E-state index < -0.39 is 0 Å². The zero-order valence-electron chi connectivity index (χ0n) is 13.1. The van der Waals surface area contributed by atoms with E-state index in [1.807, 2.05) is 29.7 Å². The maximum absolute atomic E-state index is 5.22. The van der Waals surface area contributed by atoms with Crippen LogP contribution in [0.5, 0.6) is 5.75 Å². The molecule has 21 heavy (non-hydrogen) atoms. The van der Waals surface area contributed by atoms with Crippen LogP contribution >= 0.6 is 11.3 Å². The van der Waals surface area contributed by atoms with E-state index in [9.17, 15) is 0 Å². The van der Waals surface area contributed by atoms with Crippen LogP contribution in [0.25, 0.3) is 0 Å². The predicted octanol–water partition coefficient (Wildman–Crippen LogP) is 3.47. The summed E-state index contributed by atoms with van der Waals surface area (Å²) >= 11 is 1.81. The molecule has 0 saturated heterocycles. The van der Waals surface area contributed by atoms with E-state index in [0.717, 1.165) is 36.7 Å². The van der Waals surface area contributed by atoms with Crippen LogP contribution in [0.1, 0.15) is 22.4 Å². The molecule has 2 rings (SSSR count). The molecule has 0 aliphatic heterocycles. The number of aryl methyl sites for hydroxylation is 1. The van der Waals surface area contributed by atoms with E-state index in [1.54, 1.807) is 7.11 Å². The Bertz CT molecular complexity index is 536. The Kier molecular flexibility index (Phi) is 6.21. The third kappa shape index (κ3) is 5.14. The van der Waals surface area contributed by atoms with Crippen molar-refractivity contribution in [3.63, 3.8) is 0 Å². The SMILES string of the molecule is CCNCC(Cc1ccc(OC)cc1)Cc1cnc(C)s1. The Balaban J connectivity index is 2.00. The molecule has 0 amide bonds. The summed E-state index contributed by atoms with van der Waals surface area (Å²) in [6, 6.07) is 8.40. The van der Waals surface area contributed by atoms with E-state index in [1.165, 1.54) is 10.4 Å². The molecule has 2 aromatic rings. The second-order valence-corrected chi connectivity index (χ2v) is 6.59. The quantitative estimate of drug-likeness (QED) is 0.811. The van der Waals surface area contributed by atoms with Crippen molar-refractivity contribution in [2.75, 3.05) is 20.2 Å². The molecule has 1 N–H and O–H groups in total. The minimum atomic E-state index is 0.596. The van der Waals surface area contributed by atoms with Crippen LogP contribution in [0.15, 0.2) is 30.5 Å². The van der Waals surface area contributed by atoms with Crippen molar-refractivity contribution in [3.05, 3.63) is 45.9 Å². The first-order chi connectivity index (χ1) is 10.2. The standard InChI is InChI=1S/C17H24N2OS/c1-4-18-11-15(10-17-12-19-13(2)21-17)9-14-5-7-16(20-3)8-6-14/h5-8,12,15,18H,4,9-11H2,1-3H3. The van der Waals surface area contributed by atoms with Crippen molar-refractivity contribution < 1.29 is 4.74 Å². The Morgan fingerprint density at radius 1 is 1.24 bits per heavy atom. The number of thiazole rings is 1. The highest BCUT2D eigenvalue weighted by atomic mass is 32.1. The van der Waals surface area contributed by atoms with Crippen molar-refractivity contribution in [3.8, 4) is 5.75 Å². The molecular weight excluding hydrogens is 280 g/mol. The lowest BCUT2D eigenvalue weighted by Crippen LogP contribution is -2.25. The zero-order chi connectivity index (χ0) is 15.1. The summed E-state index contributed by atoms with van der Waals surface area (Å²) in [6.07, 6.45) is 4.19. The molecular formula is C17H24N2OS. The van der Waals surface area contributed by atoms with Gasteiger partial charge in [0, 0.05) is 11.1 Å². The van der Waals surface area contributed by atoms with Crippen molar-refractivity contribution in [2.45, 2.75) is 26.7 Å². The topological polar surface area (TPSA) is 34.1 Å². The number of nitrogens with one attached hydrogen (secondary N) is 1. The Morgan fingerprint density at radius 2 is 2.00 bits per heavy atom. The number of hydrogen-bond acceptors (Lipinski definition) is 4. The Hall–Kier alpha value is -1.39. The van der Waals surface area contributed by atoms with Gasteiger partial charge in [-0.05, 0) is 56.5 Å². The van der Waals surface area contributed by atoms with E-state index >= 15 is 0 Å². The van der Waals surface area contributed by atoms with Gasteiger partial charge in [-0.25, -0.2) is 4.98 Å². The maximum Gasteiger partial charge on any atom is 0.118 e. The minimum absolute atomic E-state index is 0.596. The van der Waals surface area contributed by atoms with E-state index in [2.05, 4.69) is 36.3 Å². The van der Waals surface area contributed by atoms with E-state index in [-0.39, 0.29) is 0 Å². The highest BCUT2D eigenvalue weighted by molar-refractivity contribution is 7.11. The summed E-state index contributed by atoms with van der Waals surface area (Å²) in [5, 5.41) is 4.63. The molecule has 0 aliphatic rings. The first-order valence-corrected chi connectivity index (χ1v) is 8.28. The van der Waals surface area contributed by atoms with Gasteiger partial charge in [-0.15, -0.1) is 11.3 Å². The van der Waals surface area contributed by atoms with Gasteiger partial charge in [0.25, 0.3) is 0 Å². The van der Waals surface area contributed by atoms with Gasteiger partial charge < -0.3 is 10.1 Å². The molecule has 4 heteroatoms. The van der Waals surface area contributed by atoms with Crippen LogP contribution in [0.4, 0.5) is 0 Å². The molecule has 0 bridgehead atoms. The maximum atomic E-state index is 5.22. The number of ether oxygens (including phenoxy) is 1.